The number of aromatic nitrogens is 2. The molecule has 1 fully saturated rings. The molecule has 0 atom stereocenters. The Balaban J connectivity index is 2.31. The van der Waals surface area contributed by atoms with E-state index < -0.39 is 0 Å². The molecular formula is C12H17N3. The standard InChI is InChI=1S/C12H17N3/c1-9-11(8-13)14-12(15(9)2)10-6-4-3-5-7-10/h10H,3-7H2,1-2H3. The number of hydrogen-bond donors (Lipinski definition) is 0. The van der Waals surface area contributed by atoms with E-state index >= 15 is 0 Å². The number of nitriles is 1. The Morgan fingerprint density at radius 3 is 2.53 bits per heavy atom. The highest BCUT2D eigenvalue weighted by molar-refractivity contribution is 5.28. The van der Waals surface area contributed by atoms with Gasteiger partial charge in [-0.05, 0) is 19.8 Å². The van der Waals surface area contributed by atoms with E-state index in [9.17, 15) is 0 Å². The number of imidazole rings is 1. The maximum Gasteiger partial charge on any atom is 0.161 e. The summed E-state index contributed by atoms with van der Waals surface area (Å²) in [6, 6.07) is 2.16. The zero-order chi connectivity index (χ0) is 10.8. The molecule has 1 saturated carbocycles. The normalized spacial score (nSPS) is 17.7. The monoisotopic (exact) mass is 203 g/mol. The minimum absolute atomic E-state index is 0.574. The van der Waals surface area contributed by atoms with Gasteiger partial charge in [0.2, 0.25) is 0 Å². The molecule has 0 aromatic carbocycles. The largest absolute Gasteiger partial charge is 0.334 e. The second-order valence-electron chi connectivity index (χ2n) is 4.41. The first-order chi connectivity index (χ1) is 7.24. The molecule has 1 aliphatic rings. The van der Waals surface area contributed by atoms with Gasteiger partial charge in [0.25, 0.3) is 0 Å². The lowest BCUT2D eigenvalue weighted by Gasteiger charge is -2.21. The quantitative estimate of drug-likeness (QED) is 0.704. The van der Waals surface area contributed by atoms with Crippen molar-refractivity contribution in [2.24, 2.45) is 7.05 Å². The van der Waals surface area contributed by atoms with Gasteiger partial charge in [-0.2, -0.15) is 5.26 Å². The molecule has 80 valence electrons. The van der Waals surface area contributed by atoms with Crippen LogP contribution in [0.4, 0.5) is 0 Å². The van der Waals surface area contributed by atoms with Crippen LogP contribution >= 0.6 is 0 Å². The molecule has 15 heavy (non-hydrogen) atoms. The van der Waals surface area contributed by atoms with Gasteiger partial charge < -0.3 is 4.57 Å². The summed E-state index contributed by atoms with van der Waals surface area (Å²) in [6.45, 7) is 1.97. The predicted molar refractivity (Wildman–Crippen MR) is 58.5 cm³/mol. The van der Waals surface area contributed by atoms with Crippen molar-refractivity contribution in [2.45, 2.75) is 44.9 Å². The smallest absolute Gasteiger partial charge is 0.161 e. The van der Waals surface area contributed by atoms with Gasteiger partial charge in [-0.25, -0.2) is 4.98 Å². The van der Waals surface area contributed by atoms with Gasteiger partial charge in [-0.15, -0.1) is 0 Å². The Morgan fingerprint density at radius 1 is 1.33 bits per heavy atom. The topological polar surface area (TPSA) is 41.6 Å². The second kappa shape index (κ2) is 4.06. The molecule has 0 amide bonds. The van der Waals surface area contributed by atoms with Crippen LogP contribution in [0.3, 0.4) is 0 Å². The molecule has 0 bridgehead atoms. The molecule has 3 heteroatoms. The van der Waals surface area contributed by atoms with Gasteiger partial charge in [0.15, 0.2) is 5.69 Å². The van der Waals surface area contributed by atoms with Gasteiger partial charge in [-0.1, -0.05) is 19.3 Å². The van der Waals surface area contributed by atoms with Crippen LogP contribution in [0.5, 0.6) is 0 Å². The zero-order valence-electron chi connectivity index (χ0n) is 9.45. The molecule has 0 N–H and O–H groups in total. The molecule has 0 aliphatic heterocycles. The molecule has 1 heterocycles. The summed E-state index contributed by atoms with van der Waals surface area (Å²) in [5, 5.41) is 8.93. The van der Waals surface area contributed by atoms with Gasteiger partial charge in [0, 0.05) is 13.0 Å². The summed E-state index contributed by atoms with van der Waals surface area (Å²) in [7, 11) is 2.02. The van der Waals surface area contributed by atoms with E-state index in [1.807, 2.05) is 14.0 Å². The number of hydrogen-bond acceptors (Lipinski definition) is 2. The van der Waals surface area contributed by atoms with E-state index in [1.54, 1.807) is 0 Å². The summed E-state index contributed by atoms with van der Waals surface area (Å²) in [5.41, 5.74) is 1.59. The fraction of sp³-hybridized carbons (Fsp3) is 0.667. The van der Waals surface area contributed by atoms with Crippen LogP contribution < -0.4 is 0 Å². The van der Waals surface area contributed by atoms with Crippen molar-refractivity contribution in [1.82, 2.24) is 9.55 Å². The molecule has 1 aliphatic carbocycles. The first kappa shape index (κ1) is 10.2. The van der Waals surface area contributed by atoms with Crippen molar-refractivity contribution in [3.8, 4) is 6.07 Å². The summed E-state index contributed by atoms with van der Waals surface area (Å²) in [5.74, 6) is 1.69. The van der Waals surface area contributed by atoms with Crippen molar-refractivity contribution in [1.29, 1.82) is 5.26 Å². The Kier molecular flexibility index (Phi) is 2.77. The first-order valence-corrected chi connectivity index (χ1v) is 5.67. The minimum atomic E-state index is 0.574. The van der Waals surface area contributed by atoms with Crippen LogP contribution in [-0.2, 0) is 7.05 Å². The summed E-state index contributed by atoms with van der Waals surface area (Å²) in [6.07, 6.45) is 6.42. The Labute approximate surface area is 90.7 Å². The average Bonchev–Trinajstić information content (AvgIpc) is 2.57. The summed E-state index contributed by atoms with van der Waals surface area (Å²) >= 11 is 0. The van der Waals surface area contributed by atoms with Gasteiger partial charge >= 0.3 is 0 Å². The first-order valence-electron chi connectivity index (χ1n) is 5.67. The molecule has 1 aromatic rings. The molecule has 0 unspecified atom stereocenters. The van der Waals surface area contributed by atoms with E-state index in [0.29, 0.717) is 11.6 Å². The van der Waals surface area contributed by atoms with E-state index in [-0.39, 0.29) is 0 Å². The fourth-order valence-corrected chi connectivity index (χ4v) is 2.43. The second-order valence-corrected chi connectivity index (χ2v) is 4.41. The van der Waals surface area contributed by atoms with Crippen molar-refractivity contribution >= 4 is 0 Å². The Bertz CT molecular complexity index is 392. The SMILES string of the molecule is Cc1c(C#N)nc(C2CCCCC2)n1C. The zero-order valence-corrected chi connectivity index (χ0v) is 9.45. The summed E-state index contributed by atoms with van der Waals surface area (Å²) in [4.78, 5) is 4.45. The van der Waals surface area contributed by atoms with Crippen molar-refractivity contribution in [2.75, 3.05) is 0 Å². The minimum Gasteiger partial charge on any atom is -0.334 e. The van der Waals surface area contributed by atoms with Crippen LogP contribution in [0, 0.1) is 18.3 Å². The highest BCUT2D eigenvalue weighted by Gasteiger charge is 2.21. The molecule has 0 spiro atoms. The molecule has 0 radical (unpaired) electrons. The molecule has 0 saturated heterocycles. The third-order valence-corrected chi connectivity index (χ3v) is 3.49. The highest BCUT2D eigenvalue weighted by atomic mass is 15.1. The predicted octanol–water partition coefficient (Wildman–Crippen LogP) is 2.65. The van der Waals surface area contributed by atoms with Gasteiger partial charge in [0.1, 0.15) is 11.9 Å². The molecule has 3 nitrogen and oxygen atoms in total. The maximum atomic E-state index is 8.93. The van der Waals surface area contributed by atoms with Crippen molar-refractivity contribution in [3.05, 3.63) is 17.2 Å². The maximum absolute atomic E-state index is 8.93. The van der Waals surface area contributed by atoms with Gasteiger partial charge in [-0.3, -0.25) is 0 Å². The average molecular weight is 203 g/mol. The van der Waals surface area contributed by atoms with E-state index in [2.05, 4.69) is 15.6 Å². The van der Waals surface area contributed by atoms with Gasteiger partial charge in [0.05, 0.1) is 5.69 Å². The van der Waals surface area contributed by atoms with Crippen LogP contribution in [0.1, 0.15) is 55.2 Å². The third kappa shape index (κ3) is 1.77. The lowest BCUT2D eigenvalue weighted by atomic mass is 9.89. The van der Waals surface area contributed by atoms with E-state index in [1.165, 1.54) is 32.1 Å². The lowest BCUT2D eigenvalue weighted by molar-refractivity contribution is 0.420. The Morgan fingerprint density at radius 2 is 2.00 bits per heavy atom. The van der Waals surface area contributed by atoms with Crippen molar-refractivity contribution in [3.63, 3.8) is 0 Å². The molecule has 1 aromatic heterocycles. The Hall–Kier alpha value is -1.30. The lowest BCUT2D eigenvalue weighted by Crippen LogP contribution is -2.10. The van der Waals surface area contributed by atoms with E-state index in [4.69, 9.17) is 5.26 Å². The van der Waals surface area contributed by atoms with Crippen molar-refractivity contribution < 1.29 is 0 Å². The van der Waals surface area contributed by atoms with E-state index in [0.717, 1.165) is 11.5 Å². The number of nitrogens with zero attached hydrogens (tertiary/aromatic N) is 3. The van der Waals surface area contributed by atoms with Crippen LogP contribution in [0.15, 0.2) is 0 Å². The van der Waals surface area contributed by atoms with Crippen LogP contribution in [0.2, 0.25) is 0 Å². The van der Waals surface area contributed by atoms with Crippen LogP contribution in [-0.4, -0.2) is 9.55 Å². The highest BCUT2D eigenvalue weighted by Crippen LogP contribution is 2.32. The third-order valence-electron chi connectivity index (χ3n) is 3.49. The fourth-order valence-electron chi connectivity index (χ4n) is 2.43. The summed E-state index contributed by atoms with van der Waals surface area (Å²) < 4.78 is 2.09. The number of rotatable bonds is 1. The molecule has 2 rings (SSSR count). The molecular weight excluding hydrogens is 186 g/mol. The van der Waals surface area contributed by atoms with Crippen LogP contribution in [0.25, 0.3) is 0 Å².